The minimum absolute atomic E-state index is 0.0952. The molecule has 0 aromatic heterocycles. The van der Waals surface area contributed by atoms with Crippen LogP contribution in [0.5, 0.6) is 0 Å². The monoisotopic (exact) mass is 155 g/mol. The Morgan fingerprint density at radius 2 is 2.27 bits per heavy atom. The highest BCUT2D eigenvalue weighted by Crippen LogP contribution is 2.17. The van der Waals surface area contributed by atoms with Crippen molar-refractivity contribution in [3.05, 3.63) is 0 Å². The molecule has 1 rings (SSSR count). The maximum Gasteiger partial charge on any atom is 0.232 e. The van der Waals surface area contributed by atoms with Gasteiger partial charge in [-0.3, -0.25) is 14.5 Å². The van der Waals surface area contributed by atoms with E-state index < -0.39 is 0 Å². The van der Waals surface area contributed by atoms with Gasteiger partial charge in [0.15, 0.2) is 0 Å². The summed E-state index contributed by atoms with van der Waals surface area (Å²) in [5, 5.41) is 0. The Kier molecular flexibility index (Phi) is 2.03. The first-order valence-electron chi connectivity index (χ1n) is 3.44. The van der Waals surface area contributed by atoms with E-state index in [9.17, 15) is 14.4 Å². The number of hydrogen-bond acceptors (Lipinski definition) is 3. The fraction of sp³-hybridized carbons (Fsp3) is 0.571. The first-order chi connectivity index (χ1) is 5.16. The molecule has 0 bridgehead atoms. The Labute approximate surface area is 64.2 Å². The van der Waals surface area contributed by atoms with Crippen molar-refractivity contribution >= 4 is 18.1 Å². The first-order valence-corrected chi connectivity index (χ1v) is 3.44. The number of rotatable bonds is 2. The maximum atomic E-state index is 11.1. The summed E-state index contributed by atoms with van der Waals surface area (Å²) >= 11 is 0. The molecular weight excluding hydrogens is 146 g/mol. The van der Waals surface area contributed by atoms with Gasteiger partial charge in [-0.25, -0.2) is 0 Å². The molecule has 1 fully saturated rings. The second-order valence-electron chi connectivity index (χ2n) is 2.61. The van der Waals surface area contributed by atoms with Crippen molar-refractivity contribution in [1.82, 2.24) is 4.90 Å². The molecule has 0 spiro atoms. The Morgan fingerprint density at radius 1 is 1.64 bits per heavy atom. The average Bonchev–Trinajstić information content (AvgIpc) is 2.17. The van der Waals surface area contributed by atoms with E-state index in [2.05, 4.69) is 0 Å². The van der Waals surface area contributed by atoms with E-state index in [4.69, 9.17) is 0 Å². The van der Waals surface area contributed by atoms with Gasteiger partial charge in [-0.1, -0.05) is 6.92 Å². The van der Waals surface area contributed by atoms with E-state index in [1.807, 2.05) is 0 Å². The molecule has 1 atom stereocenters. The van der Waals surface area contributed by atoms with Crippen molar-refractivity contribution in [2.75, 3.05) is 6.54 Å². The van der Waals surface area contributed by atoms with Crippen LogP contribution in [0.2, 0.25) is 0 Å². The van der Waals surface area contributed by atoms with Crippen LogP contribution in [0.15, 0.2) is 0 Å². The normalized spacial score (nSPS) is 24.5. The number of likely N-dealkylation sites (tertiary alicyclic amines) is 1. The lowest BCUT2D eigenvalue weighted by Gasteiger charge is -2.08. The summed E-state index contributed by atoms with van der Waals surface area (Å²) in [6.45, 7) is 1.59. The SMILES string of the molecule is CC1CC(=O)N(CC=O)C1=O. The van der Waals surface area contributed by atoms with E-state index in [0.717, 1.165) is 4.90 Å². The van der Waals surface area contributed by atoms with Gasteiger partial charge in [0.25, 0.3) is 0 Å². The zero-order chi connectivity index (χ0) is 8.43. The summed E-state index contributed by atoms with van der Waals surface area (Å²) in [4.78, 5) is 33.0. The van der Waals surface area contributed by atoms with Crippen molar-refractivity contribution in [3.63, 3.8) is 0 Å². The molecule has 4 nitrogen and oxygen atoms in total. The van der Waals surface area contributed by atoms with Crippen LogP contribution in [-0.4, -0.2) is 29.5 Å². The third kappa shape index (κ3) is 1.29. The molecule has 0 aromatic rings. The molecule has 1 saturated heterocycles. The van der Waals surface area contributed by atoms with Crippen LogP contribution < -0.4 is 0 Å². The highest BCUT2D eigenvalue weighted by atomic mass is 16.2. The molecule has 0 saturated carbocycles. The molecular formula is C7H9NO3. The quantitative estimate of drug-likeness (QED) is 0.402. The van der Waals surface area contributed by atoms with Gasteiger partial charge in [0, 0.05) is 12.3 Å². The van der Waals surface area contributed by atoms with E-state index in [1.54, 1.807) is 6.92 Å². The predicted octanol–water partition coefficient (Wildman–Crippen LogP) is -0.420. The number of carbonyl (C=O) groups is 3. The van der Waals surface area contributed by atoms with Crippen LogP contribution in [0, 0.1) is 5.92 Å². The molecule has 0 aliphatic carbocycles. The van der Waals surface area contributed by atoms with Crippen LogP contribution in [0.1, 0.15) is 13.3 Å². The molecule has 60 valence electrons. The Bertz CT molecular complexity index is 212. The van der Waals surface area contributed by atoms with Gasteiger partial charge in [-0.05, 0) is 0 Å². The van der Waals surface area contributed by atoms with Crippen molar-refractivity contribution < 1.29 is 14.4 Å². The predicted molar refractivity (Wildman–Crippen MR) is 36.6 cm³/mol. The fourth-order valence-corrected chi connectivity index (χ4v) is 1.11. The summed E-state index contributed by atoms with van der Waals surface area (Å²) in [5.41, 5.74) is 0. The van der Waals surface area contributed by atoms with Crippen LogP contribution in [0.25, 0.3) is 0 Å². The minimum Gasteiger partial charge on any atom is -0.301 e. The van der Waals surface area contributed by atoms with Gasteiger partial charge in [0.2, 0.25) is 11.8 Å². The topological polar surface area (TPSA) is 54.5 Å². The number of amides is 2. The van der Waals surface area contributed by atoms with Crippen LogP contribution in [0.3, 0.4) is 0 Å². The molecule has 0 N–H and O–H groups in total. The largest absolute Gasteiger partial charge is 0.301 e. The van der Waals surface area contributed by atoms with Gasteiger partial charge in [0.1, 0.15) is 6.29 Å². The molecule has 4 heteroatoms. The number of nitrogens with zero attached hydrogens (tertiary/aromatic N) is 1. The van der Waals surface area contributed by atoms with Crippen molar-refractivity contribution in [2.24, 2.45) is 5.92 Å². The maximum absolute atomic E-state index is 11.1. The van der Waals surface area contributed by atoms with E-state index in [1.165, 1.54) is 0 Å². The number of carbonyl (C=O) groups excluding carboxylic acids is 3. The Hall–Kier alpha value is -1.19. The molecule has 11 heavy (non-hydrogen) atoms. The molecule has 1 unspecified atom stereocenters. The zero-order valence-corrected chi connectivity index (χ0v) is 6.24. The first kappa shape index (κ1) is 7.91. The number of imide groups is 1. The molecule has 1 heterocycles. The lowest BCUT2D eigenvalue weighted by molar-refractivity contribution is -0.140. The van der Waals surface area contributed by atoms with Gasteiger partial charge in [0.05, 0.1) is 6.54 Å². The molecule has 1 aliphatic rings. The van der Waals surface area contributed by atoms with Crippen molar-refractivity contribution in [2.45, 2.75) is 13.3 Å². The van der Waals surface area contributed by atoms with Crippen LogP contribution >= 0.6 is 0 Å². The smallest absolute Gasteiger partial charge is 0.232 e. The lowest BCUT2D eigenvalue weighted by Crippen LogP contribution is -2.31. The third-order valence-corrected chi connectivity index (χ3v) is 1.73. The highest BCUT2D eigenvalue weighted by molar-refractivity contribution is 6.04. The summed E-state index contributed by atoms with van der Waals surface area (Å²) in [6.07, 6.45) is 0.806. The van der Waals surface area contributed by atoms with Gasteiger partial charge in [-0.15, -0.1) is 0 Å². The Balaban J connectivity index is 2.71. The van der Waals surface area contributed by atoms with Crippen LogP contribution in [0.4, 0.5) is 0 Å². The highest BCUT2D eigenvalue weighted by Gasteiger charge is 2.34. The zero-order valence-electron chi connectivity index (χ0n) is 6.24. The average molecular weight is 155 g/mol. The summed E-state index contributed by atoms with van der Waals surface area (Å²) in [5.74, 6) is -0.723. The third-order valence-electron chi connectivity index (χ3n) is 1.73. The van der Waals surface area contributed by atoms with Gasteiger partial charge >= 0.3 is 0 Å². The lowest BCUT2D eigenvalue weighted by atomic mass is 10.1. The standard InChI is InChI=1S/C7H9NO3/c1-5-4-6(10)8(2-3-9)7(5)11/h3,5H,2,4H2,1H3. The second kappa shape index (κ2) is 2.82. The summed E-state index contributed by atoms with van der Waals surface area (Å²) in [6, 6.07) is 0. The van der Waals surface area contributed by atoms with Crippen molar-refractivity contribution in [3.8, 4) is 0 Å². The molecule has 1 aliphatic heterocycles. The Morgan fingerprint density at radius 3 is 2.64 bits per heavy atom. The van der Waals surface area contributed by atoms with Crippen LogP contribution in [-0.2, 0) is 14.4 Å². The molecule has 2 amide bonds. The van der Waals surface area contributed by atoms with E-state index >= 15 is 0 Å². The number of hydrogen-bond donors (Lipinski definition) is 0. The second-order valence-corrected chi connectivity index (χ2v) is 2.61. The minimum atomic E-state index is -0.248. The van der Waals surface area contributed by atoms with E-state index in [0.29, 0.717) is 6.29 Å². The molecule has 0 radical (unpaired) electrons. The van der Waals surface area contributed by atoms with Crippen molar-refractivity contribution in [1.29, 1.82) is 0 Å². The molecule has 0 aromatic carbocycles. The van der Waals surface area contributed by atoms with E-state index in [-0.39, 0.29) is 30.7 Å². The number of aldehydes is 1. The van der Waals surface area contributed by atoms with Gasteiger partial charge < -0.3 is 4.79 Å². The fourth-order valence-electron chi connectivity index (χ4n) is 1.11. The summed E-state index contributed by atoms with van der Waals surface area (Å²) < 4.78 is 0. The van der Waals surface area contributed by atoms with Gasteiger partial charge in [-0.2, -0.15) is 0 Å². The summed E-state index contributed by atoms with van der Waals surface area (Å²) in [7, 11) is 0.